The first-order chi connectivity index (χ1) is 11.4. The van der Waals surface area contributed by atoms with E-state index < -0.39 is 12.0 Å². The maximum atomic E-state index is 11.4. The van der Waals surface area contributed by atoms with Crippen LogP contribution in [-0.2, 0) is 11.3 Å². The van der Waals surface area contributed by atoms with Crippen molar-refractivity contribution < 1.29 is 9.90 Å². The summed E-state index contributed by atoms with van der Waals surface area (Å²) in [4.78, 5) is 12.1. The molecule has 1 aromatic heterocycles. The van der Waals surface area contributed by atoms with Gasteiger partial charge in [-0.1, -0.05) is 23.2 Å². The summed E-state index contributed by atoms with van der Waals surface area (Å²) in [5, 5.41) is 18.9. The SMILES string of the molecule is N#Cc1cccn1CCC(NSc1cc(Cl)c(N)c(Cl)c1)C(=O)O. The van der Waals surface area contributed by atoms with Gasteiger partial charge in [0.25, 0.3) is 0 Å². The monoisotopic (exact) mass is 384 g/mol. The Kier molecular flexibility index (Phi) is 6.40. The minimum Gasteiger partial charge on any atom is -0.480 e. The van der Waals surface area contributed by atoms with Gasteiger partial charge in [-0.2, -0.15) is 5.26 Å². The van der Waals surface area contributed by atoms with Crippen molar-refractivity contribution in [2.45, 2.75) is 23.9 Å². The van der Waals surface area contributed by atoms with Crippen LogP contribution in [0.2, 0.25) is 10.0 Å². The minimum atomic E-state index is -0.985. The smallest absolute Gasteiger partial charge is 0.321 e. The average molecular weight is 385 g/mol. The van der Waals surface area contributed by atoms with E-state index in [9.17, 15) is 9.90 Å². The molecule has 0 fully saturated rings. The van der Waals surface area contributed by atoms with E-state index in [0.717, 1.165) is 11.9 Å². The fraction of sp³-hybridized carbons (Fsp3) is 0.200. The van der Waals surface area contributed by atoms with Gasteiger partial charge in [-0.05, 0) is 42.6 Å². The number of benzene rings is 1. The van der Waals surface area contributed by atoms with Gasteiger partial charge >= 0.3 is 5.97 Å². The van der Waals surface area contributed by atoms with Crippen LogP contribution in [0.15, 0.2) is 35.4 Å². The van der Waals surface area contributed by atoms with Crippen LogP contribution in [-0.4, -0.2) is 21.7 Å². The molecule has 0 aliphatic heterocycles. The second-order valence-electron chi connectivity index (χ2n) is 4.90. The van der Waals surface area contributed by atoms with E-state index in [4.69, 9.17) is 34.2 Å². The maximum absolute atomic E-state index is 11.4. The summed E-state index contributed by atoms with van der Waals surface area (Å²) in [7, 11) is 0. The van der Waals surface area contributed by atoms with Crippen LogP contribution < -0.4 is 10.5 Å². The summed E-state index contributed by atoms with van der Waals surface area (Å²) in [6.45, 7) is 0.406. The van der Waals surface area contributed by atoms with Crippen molar-refractivity contribution in [2.24, 2.45) is 0 Å². The van der Waals surface area contributed by atoms with Crippen molar-refractivity contribution in [3.63, 3.8) is 0 Å². The third kappa shape index (κ3) is 4.58. The lowest BCUT2D eigenvalue weighted by Gasteiger charge is -2.15. The van der Waals surface area contributed by atoms with Gasteiger partial charge in [0.15, 0.2) is 0 Å². The Morgan fingerprint density at radius 1 is 1.46 bits per heavy atom. The van der Waals surface area contributed by atoms with E-state index in [-0.39, 0.29) is 5.69 Å². The van der Waals surface area contributed by atoms with Crippen molar-refractivity contribution in [3.8, 4) is 6.07 Å². The minimum absolute atomic E-state index is 0.286. The number of carboxylic acids is 1. The largest absolute Gasteiger partial charge is 0.480 e. The first-order valence-electron chi connectivity index (χ1n) is 6.87. The van der Waals surface area contributed by atoms with Crippen LogP contribution in [0.5, 0.6) is 0 Å². The lowest BCUT2D eigenvalue weighted by Crippen LogP contribution is -2.33. The lowest BCUT2D eigenvalue weighted by molar-refractivity contribution is -0.139. The third-order valence-corrected chi connectivity index (χ3v) is 4.77. The molecule has 4 N–H and O–H groups in total. The highest BCUT2D eigenvalue weighted by Crippen LogP contribution is 2.32. The summed E-state index contributed by atoms with van der Waals surface area (Å²) in [5.41, 5.74) is 6.44. The molecule has 0 saturated carbocycles. The van der Waals surface area contributed by atoms with E-state index in [2.05, 4.69) is 10.8 Å². The Hall–Kier alpha value is -1.85. The van der Waals surface area contributed by atoms with Gasteiger partial charge in [0.1, 0.15) is 17.8 Å². The zero-order valence-corrected chi connectivity index (χ0v) is 14.7. The molecule has 1 heterocycles. The molecule has 2 aromatic rings. The highest BCUT2D eigenvalue weighted by molar-refractivity contribution is 7.97. The van der Waals surface area contributed by atoms with Crippen LogP contribution in [0.4, 0.5) is 5.69 Å². The van der Waals surface area contributed by atoms with Gasteiger partial charge in [-0.15, -0.1) is 0 Å². The number of aryl methyl sites for hydroxylation is 1. The molecule has 0 amide bonds. The normalized spacial score (nSPS) is 11.9. The molecule has 0 radical (unpaired) electrons. The van der Waals surface area contributed by atoms with E-state index in [1.165, 1.54) is 0 Å². The Morgan fingerprint density at radius 3 is 2.71 bits per heavy atom. The number of hydrogen-bond donors (Lipinski definition) is 3. The molecule has 6 nitrogen and oxygen atoms in total. The Labute approximate surface area is 153 Å². The zero-order chi connectivity index (χ0) is 17.7. The van der Waals surface area contributed by atoms with Gasteiger partial charge < -0.3 is 15.4 Å². The molecule has 0 aliphatic carbocycles. The van der Waals surface area contributed by atoms with Crippen molar-refractivity contribution in [3.05, 3.63) is 46.2 Å². The number of anilines is 1. The molecule has 24 heavy (non-hydrogen) atoms. The van der Waals surface area contributed by atoms with Gasteiger partial charge in [0.05, 0.1) is 15.7 Å². The predicted octanol–water partition coefficient (Wildman–Crippen LogP) is 3.39. The van der Waals surface area contributed by atoms with Crippen LogP contribution in [0.25, 0.3) is 0 Å². The molecule has 2 rings (SSSR count). The fourth-order valence-electron chi connectivity index (χ4n) is 1.97. The van der Waals surface area contributed by atoms with Crippen molar-refractivity contribution in [2.75, 3.05) is 5.73 Å². The molecule has 0 saturated heterocycles. The number of aromatic nitrogens is 1. The summed E-state index contributed by atoms with van der Waals surface area (Å²) in [5.74, 6) is -0.985. The van der Waals surface area contributed by atoms with Crippen LogP contribution in [0.1, 0.15) is 12.1 Å². The number of nitrogens with zero attached hydrogens (tertiary/aromatic N) is 2. The van der Waals surface area contributed by atoms with E-state index >= 15 is 0 Å². The summed E-state index contributed by atoms with van der Waals surface area (Å²) in [6.07, 6.45) is 2.05. The summed E-state index contributed by atoms with van der Waals surface area (Å²) in [6, 6.07) is 7.89. The molecular weight excluding hydrogens is 371 g/mol. The van der Waals surface area contributed by atoms with Crippen LogP contribution in [0.3, 0.4) is 0 Å². The summed E-state index contributed by atoms with van der Waals surface area (Å²) < 4.78 is 4.58. The van der Waals surface area contributed by atoms with Gasteiger partial charge in [0.2, 0.25) is 0 Å². The lowest BCUT2D eigenvalue weighted by atomic mass is 10.2. The number of carboxylic acid groups (broad SMARTS) is 1. The number of hydrogen-bond acceptors (Lipinski definition) is 5. The molecule has 0 aliphatic rings. The molecule has 9 heteroatoms. The molecule has 1 unspecified atom stereocenters. The van der Waals surface area contributed by atoms with E-state index in [0.29, 0.717) is 33.6 Å². The first-order valence-corrected chi connectivity index (χ1v) is 8.44. The molecule has 126 valence electrons. The highest BCUT2D eigenvalue weighted by Gasteiger charge is 2.18. The number of nitrogen functional groups attached to an aromatic ring is 1. The number of rotatable bonds is 7. The molecule has 1 atom stereocenters. The Bertz CT molecular complexity index is 765. The number of aliphatic carboxylic acids is 1. The van der Waals surface area contributed by atoms with Crippen LogP contribution in [0, 0.1) is 11.3 Å². The number of carbonyl (C=O) groups is 1. The van der Waals surface area contributed by atoms with Crippen molar-refractivity contribution in [1.29, 1.82) is 5.26 Å². The number of nitrogens with one attached hydrogen (secondary N) is 1. The van der Waals surface area contributed by atoms with Crippen molar-refractivity contribution in [1.82, 2.24) is 9.29 Å². The first kappa shape index (κ1) is 18.5. The fourth-order valence-corrected chi connectivity index (χ4v) is 3.44. The standard InChI is InChI=1S/C15H14Cl2N4O2S/c16-11-6-10(7-12(17)14(11)19)24-20-13(15(22)23)3-5-21-4-1-2-9(21)8-18/h1-2,4,6-7,13,20H,3,5,19H2,(H,22,23). The molecule has 0 bridgehead atoms. The number of nitrogens with two attached hydrogens (primary N) is 1. The van der Waals surface area contributed by atoms with Crippen LogP contribution >= 0.6 is 35.1 Å². The predicted molar refractivity (Wildman–Crippen MR) is 95.1 cm³/mol. The average Bonchev–Trinajstić information content (AvgIpc) is 2.99. The zero-order valence-electron chi connectivity index (χ0n) is 12.4. The summed E-state index contributed by atoms with van der Waals surface area (Å²) >= 11 is 13.0. The van der Waals surface area contributed by atoms with Gasteiger partial charge in [0, 0.05) is 17.6 Å². The quantitative estimate of drug-likeness (QED) is 0.499. The topological polar surface area (TPSA) is 104 Å². The number of halogens is 2. The Morgan fingerprint density at radius 2 is 2.12 bits per heavy atom. The van der Waals surface area contributed by atoms with Gasteiger partial charge in [-0.25, -0.2) is 4.72 Å². The highest BCUT2D eigenvalue weighted by atomic mass is 35.5. The molecular formula is C15H14Cl2N4O2S. The maximum Gasteiger partial charge on any atom is 0.321 e. The third-order valence-electron chi connectivity index (χ3n) is 3.27. The van der Waals surface area contributed by atoms with Crippen molar-refractivity contribution >= 4 is 46.8 Å². The van der Waals surface area contributed by atoms with E-state index in [1.54, 1.807) is 35.0 Å². The number of nitriles is 1. The van der Waals surface area contributed by atoms with Gasteiger partial charge in [-0.3, -0.25) is 4.79 Å². The Balaban J connectivity index is 1.99. The molecule has 0 spiro atoms. The second kappa shape index (κ2) is 8.31. The second-order valence-corrected chi connectivity index (χ2v) is 6.62. The van der Waals surface area contributed by atoms with E-state index in [1.807, 2.05) is 0 Å². The molecule has 1 aromatic carbocycles.